The van der Waals surface area contributed by atoms with Crippen LogP contribution in [0.3, 0.4) is 0 Å². The number of anilines is 1. The molecule has 2 aromatic rings. The minimum atomic E-state index is -3.79. The minimum absolute atomic E-state index is 0.147. The number of methoxy groups -OCH3 is 1. The molecule has 2 aromatic heterocycles. The predicted molar refractivity (Wildman–Crippen MR) is 82.4 cm³/mol. The lowest BCUT2D eigenvalue weighted by molar-refractivity contribution is -0.108. The summed E-state index contributed by atoms with van der Waals surface area (Å²) in [5.41, 5.74) is 1.27. The van der Waals surface area contributed by atoms with Crippen molar-refractivity contribution < 1.29 is 22.4 Å². The van der Waals surface area contributed by atoms with Crippen molar-refractivity contribution in [1.29, 1.82) is 0 Å². The number of nitrogens with zero attached hydrogens (tertiary/aromatic N) is 2. The molecule has 1 atom stereocenters. The number of hydrogen-bond acceptors (Lipinski definition) is 7. The van der Waals surface area contributed by atoms with Crippen LogP contribution in [0.5, 0.6) is 0 Å². The van der Waals surface area contributed by atoms with Crippen LogP contribution in [-0.4, -0.2) is 33.7 Å². The molecular weight excluding hydrogens is 328 g/mol. The zero-order chi connectivity index (χ0) is 16.3. The highest BCUT2D eigenvalue weighted by Gasteiger charge is 2.31. The maximum absolute atomic E-state index is 12.8. The van der Waals surface area contributed by atoms with Gasteiger partial charge in [0, 0.05) is 12.7 Å². The Kier molecular flexibility index (Phi) is 5.22. The highest BCUT2D eigenvalue weighted by Crippen LogP contribution is 2.30. The smallest absolute Gasteiger partial charge is 0.278 e. The fourth-order valence-corrected chi connectivity index (χ4v) is 4.06. The summed E-state index contributed by atoms with van der Waals surface area (Å²) in [5.74, 6) is 0.147. The molecule has 0 aromatic carbocycles. The van der Waals surface area contributed by atoms with Crippen LogP contribution in [-0.2, 0) is 19.5 Å². The van der Waals surface area contributed by atoms with Gasteiger partial charge < -0.3 is 14.0 Å². The van der Waals surface area contributed by atoms with Crippen LogP contribution in [0.25, 0.3) is 0 Å². The molecule has 0 bridgehead atoms. The molecule has 0 radical (unpaired) electrons. The molecule has 0 saturated carbocycles. The van der Waals surface area contributed by atoms with Crippen LogP contribution in [0.15, 0.2) is 26.2 Å². The summed E-state index contributed by atoms with van der Waals surface area (Å²) in [6.45, 7) is 4.94. The minimum Gasteiger partial charge on any atom is -0.356 e. The van der Waals surface area contributed by atoms with Crippen LogP contribution in [0.2, 0.25) is 0 Å². The molecule has 0 fully saturated rings. The number of sulfonamides is 1. The lowest BCUT2D eigenvalue weighted by atomic mass is 10.3. The highest BCUT2D eigenvalue weighted by atomic mass is 32.2. The average molecular weight is 346 g/mol. The Bertz CT molecular complexity index is 709. The number of aromatic nitrogens is 1. The number of aryl methyl sites for hydroxylation is 1. The molecule has 0 aliphatic heterocycles. The van der Waals surface area contributed by atoms with E-state index in [2.05, 4.69) is 5.16 Å². The van der Waals surface area contributed by atoms with E-state index in [4.69, 9.17) is 14.0 Å². The van der Waals surface area contributed by atoms with E-state index in [1.807, 2.05) is 0 Å². The Morgan fingerprint density at radius 2 is 2.18 bits per heavy atom. The summed E-state index contributed by atoms with van der Waals surface area (Å²) < 4.78 is 42.4. The molecule has 122 valence electrons. The monoisotopic (exact) mass is 346 g/mol. The molecule has 7 nitrogen and oxygen atoms in total. The molecule has 0 N–H and O–H groups in total. The van der Waals surface area contributed by atoms with Gasteiger partial charge in [0.25, 0.3) is 10.0 Å². The van der Waals surface area contributed by atoms with E-state index in [0.29, 0.717) is 11.3 Å². The summed E-state index contributed by atoms with van der Waals surface area (Å²) in [6.07, 6.45) is -0.551. The maximum Gasteiger partial charge on any atom is 0.278 e. The van der Waals surface area contributed by atoms with Gasteiger partial charge in [-0.25, -0.2) is 12.7 Å². The second-order valence-corrected chi connectivity index (χ2v) is 7.62. The Balaban J connectivity index is 2.40. The number of ether oxygens (including phenoxy) is 2. The molecular formula is C13H18N2O5S2. The summed E-state index contributed by atoms with van der Waals surface area (Å²) in [6, 6.07) is 3.21. The van der Waals surface area contributed by atoms with Crippen molar-refractivity contribution in [2.24, 2.45) is 0 Å². The first-order valence-electron chi connectivity index (χ1n) is 6.51. The fourth-order valence-electron chi connectivity index (χ4n) is 1.63. The molecule has 1 unspecified atom stereocenters. The van der Waals surface area contributed by atoms with E-state index in [1.165, 1.54) is 13.2 Å². The van der Waals surface area contributed by atoms with Gasteiger partial charge in [-0.1, -0.05) is 11.2 Å². The summed E-state index contributed by atoms with van der Waals surface area (Å²) >= 11 is 1.13. The van der Waals surface area contributed by atoms with Crippen molar-refractivity contribution in [1.82, 2.24) is 5.16 Å². The third kappa shape index (κ3) is 3.32. The summed E-state index contributed by atoms with van der Waals surface area (Å²) in [5, 5.41) is 5.51. The van der Waals surface area contributed by atoms with Gasteiger partial charge in [-0.15, -0.1) is 11.3 Å². The van der Waals surface area contributed by atoms with Crippen molar-refractivity contribution >= 4 is 27.2 Å². The first-order valence-corrected chi connectivity index (χ1v) is 8.83. The van der Waals surface area contributed by atoms with Gasteiger partial charge in [0.2, 0.25) is 5.88 Å². The van der Waals surface area contributed by atoms with Gasteiger partial charge in [0.05, 0.1) is 5.69 Å². The Morgan fingerprint density at radius 1 is 1.45 bits per heavy atom. The van der Waals surface area contributed by atoms with Crippen molar-refractivity contribution in [3.05, 3.63) is 28.8 Å². The topological polar surface area (TPSA) is 81.9 Å². The molecule has 22 heavy (non-hydrogen) atoms. The molecule has 0 spiro atoms. The predicted octanol–water partition coefficient (Wildman–Crippen LogP) is 2.51. The highest BCUT2D eigenvalue weighted by molar-refractivity contribution is 7.94. The van der Waals surface area contributed by atoms with Crippen LogP contribution in [0, 0.1) is 13.8 Å². The Hall–Kier alpha value is -1.42. The first kappa shape index (κ1) is 16.9. The van der Waals surface area contributed by atoms with Gasteiger partial charge in [-0.05, 0) is 32.2 Å². The van der Waals surface area contributed by atoms with E-state index in [-0.39, 0.29) is 16.8 Å². The molecule has 0 aliphatic carbocycles. The molecule has 9 heteroatoms. The standard InChI is InChI=1S/C13H18N2O5S2/c1-9-10(2)14-20-13(9)15(8-19-11(3)18-4)22(16,17)12-6-5-7-21-12/h5-7,11H,8H2,1-4H3. The number of rotatable bonds is 7. The quantitative estimate of drug-likeness (QED) is 0.717. The molecule has 2 rings (SSSR count). The lowest BCUT2D eigenvalue weighted by Gasteiger charge is -2.22. The third-order valence-corrected chi connectivity index (χ3v) is 6.24. The fraction of sp³-hybridized carbons (Fsp3) is 0.462. The summed E-state index contributed by atoms with van der Waals surface area (Å²) in [4.78, 5) is 0. The second-order valence-electron chi connectivity index (χ2n) is 4.58. The van der Waals surface area contributed by atoms with Crippen LogP contribution < -0.4 is 4.31 Å². The SMILES string of the molecule is COC(C)OCN(c1onc(C)c1C)S(=O)(=O)c1cccs1. The molecule has 2 heterocycles. The maximum atomic E-state index is 12.8. The van der Waals surface area contributed by atoms with Crippen LogP contribution in [0.4, 0.5) is 5.88 Å². The summed E-state index contributed by atoms with van der Waals surface area (Å²) in [7, 11) is -2.31. The third-order valence-electron chi connectivity index (χ3n) is 3.16. The van der Waals surface area contributed by atoms with E-state index in [1.54, 1.807) is 32.2 Å². The van der Waals surface area contributed by atoms with E-state index >= 15 is 0 Å². The molecule has 0 aliphatic rings. The van der Waals surface area contributed by atoms with Gasteiger partial charge in [-0.3, -0.25) is 0 Å². The van der Waals surface area contributed by atoms with E-state index < -0.39 is 16.3 Å². The van der Waals surface area contributed by atoms with Crippen molar-refractivity contribution in [2.75, 3.05) is 18.1 Å². The average Bonchev–Trinajstić information content (AvgIpc) is 3.12. The van der Waals surface area contributed by atoms with Gasteiger partial charge in [0.15, 0.2) is 6.29 Å². The van der Waals surface area contributed by atoms with Gasteiger partial charge in [0.1, 0.15) is 10.9 Å². The van der Waals surface area contributed by atoms with Gasteiger partial charge >= 0.3 is 0 Å². The second kappa shape index (κ2) is 6.78. The Morgan fingerprint density at radius 3 is 2.68 bits per heavy atom. The first-order chi connectivity index (χ1) is 10.4. The molecule has 0 saturated heterocycles. The van der Waals surface area contributed by atoms with Crippen LogP contribution >= 0.6 is 11.3 Å². The number of thiophene rings is 1. The lowest BCUT2D eigenvalue weighted by Crippen LogP contribution is -2.34. The van der Waals surface area contributed by atoms with Crippen molar-refractivity contribution in [3.8, 4) is 0 Å². The zero-order valence-corrected chi connectivity index (χ0v) is 14.4. The largest absolute Gasteiger partial charge is 0.356 e. The molecule has 0 amide bonds. The van der Waals surface area contributed by atoms with Crippen LogP contribution in [0.1, 0.15) is 18.2 Å². The van der Waals surface area contributed by atoms with Crippen molar-refractivity contribution in [3.63, 3.8) is 0 Å². The van der Waals surface area contributed by atoms with Gasteiger partial charge in [-0.2, -0.15) is 0 Å². The Labute approximate surface area is 133 Å². The van der Waals surface area contributed by atoms with Crippen molar-refractivity contribution in [2.45, 2.75) is 31.3 Å². The zero-order valence-electron chi connectivity index (χ0n) is 12.8. The normalized spacial score (nSPS) is 13.3. The van der Waals surface area contributed by atoms with E-state index in [9.17, 15) is 8.42 Å². The van der Waals surface area contributed by atoms with E-state index in [0.717, 1.165) is 15.6 Å². The number of hydrogen-bond donors (Lipinski definition) is 0.